The van der Waals surface area contributed by atoms with Crippen molar-refractivity contribution in [2.24, 2.45) is 0 Å². The van der Waals surface area contributed by atoms with Crippen LogP contribution in [0.3, 0.4) is 0 Å². The number of halogens is 2. The fourth-order valence-corrected chi connectivity index (χ4v) is 3.44. The lowest BCUT2D eigenvalue weighted by molar-refractivity contribution is -0.111. The Morgan fingerprint density at radius 1 is 1.23 bits per heavy atom. The molecule has 3 aromatic rings. The number of nitrogens with zero attached hydrogens (tertiary/aromatic N) is 3. The van der Waals surface area contributed by atoms with Crippen LogP contribution in [-0.2, 0) is 4.79 Å². The molecule has 0 aliphatic carbocycles. The smallest absolute Gasteiger partial charge is 0.250 e. The molecule has 0 saturated carbocycles. The number of aryl methyl sites for hydroxylation is 3. The topological polar surface area (TPSA) is 59.8 Å². The molecule has 0 fully saturated rings. The third kappa shape index (κ3) is 3.84. The highest BCUT2D eigenvalue weighted by Crippen LogP contribution is 2.25. The zero-order chi connectivity index (χ0) is 18.8. The molecule has 0 aliphatic rings. The Morgan fingerprint density at radius 3 is 2.54 bits per heavy atom. The highest BCUT2D eigenvalue weighted by Gasteiger charge is 2.13. The SMILES string of the molecule is Cc1nc(NC(=O)/C=C/c2c(C)nn(-c3ccc(F)cc3)c2Cl)sc1C. The second kappa shape index (κ2) is 7.39. The average molecular weight is 391 g/mol. The lowest BCUT2D eigenvalue weighted by Gasteiger charge is -2.02. The fourth-order valence-electron chi connectivity index (χ4n) is 2.29. The van der Waals surface area contributed by atoms with Crippen molar-refractivity contribution in [1.29, 1.82) is 0 Å². The van der Waals surface area contributed by atoms with E-state index in [1.54, 1.807) is 25.1 Å². The molecule has 5 nitrogen and oxygen atoms in total. The first-order valence-electron chi connectivity index (χ1n) is 7.79. The predicted octanol–water partition coefficient (Wildman–Crippen LogP) is 4.70. The maximum atomic E-state index is 13.1. The molecule has 0 bridgehead atoms. The molecule has 8 heteroatoms. The van der Waals surface area contributed by atoms with Crippen molar-refractivity contribution in [3.05, 3.63) is 63.1 Å². The molecule has 0 unspecified atom stereocenters. The largest absolute Gasteiger partial charge is 0.298 e. The summed E-state index contributed by atoms with van der Waals surface area (Å²) in [6, 6.07) is 5.84. The number of aromatic nitrogens is 3. The second-order valence-corrected chi connectivity index (χ2v) is 7.22. The van der Waals surface area contributed by atoms with E-state index in [1.807, 2.05) is 13.8 Å². The lowest BCUT2D eigenvalue weighted by Crippen LogP contribution is -2.07. The van der Waals surface area contributed by atoms with Gasteiger partial charge in [0, 0.05) is 16.5 Å². The van der Waals surface area contributed by atoms with Crippen LogP contribution in [-0.4, -0.2) is 20.7 Å². The van der Waals surface area contributed by atoms with E-state index in [1.165, 1.54) is 34.2 Å². The first-order valence-corrected chi connectivity index (χ1v) is 8.98. The van der Waals surface area contributed by atoms with Crippen LogP contribution < -0.4 is 5.32 Å². The van der Waals surface area contributed by atoms with Crippen molar-refractivity contribution in [3.8, 4) is 5.69 Å². The normalized spacial score (nSPS) is 11.3. The van der Waals surface area contributed by atoms with Gasteiger partial charge in [-0.05, 0) is 51.1 Å². The molecule has 2 aromatic heterocycles. The summed E-state index contributed by atoms with van der Waals surface area (Å²) in [7, 11) is 0. The highest BCUT2D eigenvalue weighted by atomic mass is 35.5. The molecule has 0 spiro atoms. The van der Waals surface area contributed by atoms with Crippen molar-refractivity contribution in [2.45, 2.75) is 20.8 Å². The Kier molecular flexibility index (Phi) is 5.20. The number of amides is 1. The molecule has 0 saturated heterocycles. The summed E-state index contributed by atoms with van der Waals surface area (Å²) in [6.45, 7) is 5.63. The van der Waals surface area contributed by atoms with Crippen molar-refractivity contribution >= 4 is 40.1 Å². The van der Waals surface area contributed by atoms with Crippen molar-refractivity contribution in [2.75, 3.05) is 5.32 Å². The van der Waals surface area contributed by atoms with Gasteiger partial charge in [-0.2, -0.15) is 5.10 Å². The van der Waals surface area contributed by atoms with E-state index >= 15 is 0 Å². The van der Waals surface area contributed by atoms with Gasteiger partial charge in [-0.15, -0.1) is 11.3 Å². The van der Waals surface area contributed by atoms with E-state index in [2.05, 4.69) is 15.4 Å². The molecule has 1 aromatic carbocycles. The molecule has 0 atom stereocenters. The second-order valence-electron chi connectivity index (χ2n) is 5.66. The molecule has 2 heterocycles. The van der Waals surface area contributed by atoms with Gasteiger partial charge in [-0.3, -0.25) is 10.1 Å². The minimum Gasteiger partial charge on any atom is -0.298 e. The van der Waals surface area contributed by atoms with E-state index in [0.717, 1.165) is 10.6 Å². The molecular weight excluding hydrogens is 375 g/mol. The van der Waals surface area contributed by atoms with Crippen LogP contribution in [0.1, 0.15) is 21.8 Å². The van der Waals surface area contributed by atoms with Gasteiger partial charge < -0.3 is 0 Å². The van der Waals surface area contributed by atoms with Gasteiger partial charge in [-0.25, -0.2) is 14.1 Å². The molecule has 0 radical (unpaired) electrons. The number of thiazole rings is 1. The summed E-state index contributed by atoms with van der Waals surface area (Å²) in [5.41, 5.74) is 2.81. The molecule has 134 valence electrons. The van der Waals surface area contributed by atoms with Gasteiger partial charge in [0.05, 0.1) is 17.1 Å². The molecule has 1 amide bonds. The van der Waals surface area contributed by atoms with Gasteiger partial charge in [0.25, 0.3) is 0 Å². The first-order chi connectivity index (χ1) is 12.3. The quantitative estimate of drug-likeness (QED) is 0.657. The summed E-state index contributed by atoms with van der Waals surface area (Å²) in [6.07, 6.45) is 2.99. The van der Waals surface area contributed by atoms with Crippen LogP contribution in [0, 0.1) is 26.6 Å². The van der Waals surface area contributed by atoms with E-state index in [4.69, 9.17) is 11.6 Å². The number of carbonyl (C=O) groups is 1. The Labute approximate surface area is 159 Å². The van der Waals surface area contributed by atoms with Crippen molar-refractivity contribution in [1.82, 2.24) is 14.8 Å². The van der Waals surface area contributed by atoms with Crippen LogP contribution in [0.4, 0.5) is 9.52 Å². The zero-order valence-corrected chi connectivity index (χ0v) is 16.0. The number of nitrogens with one attached hydrogen (secondary N) is 1. The Hall–Kier alpha value is -2.51. The Bertz CT molecular complexity index is 972. The molecule has 1 N–H and O–H groups in total. The monoisotopic (exact) mass is 390 g/mol. The number of rotatable bonds is 4. The third-order valence-corrected chi connectivity index (χ3v) is 5.13. The Balaban J connectivity index is 1.80. The van der Waals surface area contributed by atoms with E-state index in [0.29, 0.717) is 27.2 Å². The molecule has 3 rings (SSSR count). The Morgan fingerprint density at radius 2 is 1.92 bits per heavy atom. The maximum absolute atomic E-state index is 13.1. The van der Waals surface area contributed by atoms with Crippen LogP contribution >= 0.6 is 22.9 Å². The van der Waals surface area contributed by atoms with E-state index < -0.39 is 0 Å². The van der Waals surface area contributed by atoms with Crippen LogP contribution in [0.15, 0.2) is 30.3 Å². The van der Waals surface area contributed by atoms with Gasteiger partial charge in [0.2, 0.25) is 5.91 Å². The summed E-state index contributed by atoms with van der Waals surface area (Å²) in [4.78, 5) is 17.4. The average Bonchev–Trinajstić information content (AvgIpc) is 3.05. The number of benzene rings is 1. The first kappa shape index (κ1) is 18.3. The molecule has 26 heavy (non-hydrogen) atoms. The van der Waals surface area contributed by atoms with Crippen LogP contribution in [0.25, 0.3) is 11.8 Å². The molecule has 0 aliphatic heterocycles. The highest BCUT2D eigenvalue weighted by molar-refractivity contribution is 7.15. The number of carbonyl (C=O) groups excluding carboxylic acids is 1. The van der Waals surface area contributed by atoms with Crippen LogP contribution in [0.5, 0.6) is 0 Å². The predicted molar refractivity (Wildman–Crippen MR) is 103 cm³/mol. The summed E-state index contributed by atoms with van der Waals surface area (Å²) in [5, 5.41) is 7.98. The minimum atomic E-state index is -0.335. The third-order valence-electron chi connectivity index (χ3n) is 3.78. The number of hydrogen-bond acceptors (Lipinski definition) is 4. The van der Waals surface area contributed by atoms with E-state index in [-0.39, 0.29) is 11.7 Å². The summed E-state index contributed by atoms with van der Waals surface area (Å²) in [5.74, 6) is -0.637. The standard InChI is InChI=1S/C18H16ClFN4OS/c1-10-12(3)26-18(21-10)22-16(25)9-8-15-11(2)23-24(17(15)19)14-6-4-13(20)5-7-14/h4-9H,1-3H3,(H,21,22,25)/b9-8+. The molecular formula is C18H16ClFN4OS. The zero-order valence-electron chi connectivity index (χ0n) is 14.4. The van der Waals surface area contributed by atoms with Crippen molar-refractivity contribution < 1.29 is 9.18 Å². The lowest BCUT2D eigenvalue weighted by atomic mass is 10.2. The summed E-state index contributed by atoms with van der Waals surface area (Å²) < 4.78 is 14.6. The van der Waals surface area contributed by atoms with Gasteiger partial charge >= 0.3 is 0 Å². The van der Waals surface area contributed by atoms with Gasteiger partial charge in [-0.1, -0.05) is 11.6 Å². The van der Waals surface area contributed by atoms with Gasteiger partial charge in [0.1, 0.15) is 11.0 Å². The van der Waals surface area contributed by atoms with E-state index in [9.17, 15) is 9.18 Å². The number of anilines is 1. The maximum Gasteiger partial charge on any atom is 0.250 e. The van der Waals surface area contributed by atoms with Crippen LogP contribution in [0.2, 0.25) is 5.15 Å². The van der Waals surface area contributed by atoms with Gasteiger partial charge in [0.15, 0.2) is 5.13 Å². The van der Waals surface area contributed by atoms with Crippen molar-refractivity contribution in [3.63, 3.8) is 0 Å². The minimum absolute atomic E-state index is 0.302. The summed E-state index contributed by atoms with van der Waals surface area (Å²) >= 11 is 7.81. The fraction of sp³-hybridized carbons (Fsp3) is 0.167. The number of hydrogen-bond donors (Lipinski definition) is 1.